The first kappa shape index (κ1) is 28.3. The van der Waals surface area contributed by atoms with E-state index in [9.17, 15) is 24.6 Å². The predicted octanol–water partition coefficient (Wildman–Crippen LogP) is 2.75. The first-order valence-electron chi connectivity index (χ1n) is 10.3. The minimum Gasteiger partial charge on any atom is -1.00 e. The molecule has 0 aliphatic rings. The summed E-state index contributed by atoms with van der Waals surface area (Å²) in [6.45, 7) is 2.21. The van der Waals surface area contributed by atoms with E-state index >= 15 is 0 Å². The van der Waals surface area contributed by atoms with Gasteiger partial charge in [0.25, 0.3) is 0 Å². The molecule has 0 radical (unpaired) electrons. The van der Waals surface area contributed by atoms with Crippen LogP contribution in [0.3, 0.4) is 0 Å². The monoisotopic (exact) mass is 432 g/mol. The average molecular weight is 433 g/mol. The summed E-state index contributed by atoms with van der Waals surface area (Å²) in [5.74, 6) is -4.38. The zero-order valence-electron chi connectivity index (χ0n) is 18.7. The van der Waals surface area contributed by atoms with E-state index in [4.69, 9.17) is 5.11 Å². The Bertz CT molecular complexity index is 678. The quantitative estimate of drug-likeness (QED) is 0.290. The summed E-state index contributed by atoms with van der Waals surface area (Å²) in [5.41, 5.74) is -1.15. The number of hydrogen-bond acceptors (Lipinski definition) is 3. The molecular weight excluding hydrogens is 399 g/mol. The molecule has 0 bridgehead atoms. The maximum absolute atomic E-state index is 11.6. The minimum absolute atomic E-state index is 0. The van der Waals surface area contributed by atoms with Crippen molar-refractivity contribution in [3.8, 4) is 0 Å². The van der Waals surface area contributed by atoms with Crippen molar-refractivity contribution in [3.05, 3.63) is 34.4 Å². The van der Waals surface area contributed by atoms with Gasteiger partial charge in [-0.3, -0.25) is 0 Å². The number of aryl methyl sites for hydroxylation is 1. The van der Waals surface area contributed by atoms with Crippen LogP contribution < -0.4 is 51.4 Å². The molecule has 0 spiro atoms. The number of carbonyl (C=O) groups is 3. The van der Waals surface area contributed by atoms with Crippen molar-refractivity contribution in [2.75, 3.05) is 0 Å². The van der Waals surface area contributed by atoms with Crippen LogP contribution >= 0.6 is 0 Å². The van der Waals surface area contributed by atoms with Crippen molar-refractivity contribution in [2.45, 2.75) is 84.0 Å². The Hall–Kier alpha value is -0.734. The van der Waals surface area contributed by atoms with E-state index in [0.29, 0.717) is 12.0 Å². The summed E-state index contributed by atoms with van der Waals surface area (Å²) >= 11 is 0. The van der Waals surface area contributed by atoms with Crippen molar-refractivity contribution in [1.29, 1.82) is 0 Å². The van der Waals surface area contributed by atoms with Crippen LogP contribution in [0.5, 0.6) is 0 Å². The van der Waals surface area contributed by atoms with E-state index < -0.39 is 34.6 Å². The van der Waals surface area contributed by atoms with Crippen LogP contribution in [-0.2, 0) is 6.42 Å². The molecule has 0 unspecified atom stereocenters. The van der Waals surface area contributed by atoms with E-state index in [1.807, 2.05) is 0 Å². The van der Waals surface area contributed by atoms with Crippen LogP contribution in [-0.4, -0.2) is 33.2 Å². The van der Waals surface area contributed by atoms with Gasteiger partial charge >= 0.3 is 69.3 Å². The first-order valence-corrected chi connectivity index (χ1v) is 10.3. The molecule has 0 atom stereocenters. The SMILES string of the molecule is CCCCCCCCCCCCCc1ccc(C(=O)O)c(C(=O)O)c1C(=O)O.[H-].[K+]. The van der Waals surface area contributed by atoms with Crippen molar-refractivity contribution in [3.63, 3.8) is 0 Å². The molecule has 7 heteroatoms. The predicted molar refractivity (Wildman–Crippen MR) is 109 cm³/mol. The summed E-state index contributed by atoms with van der Waals surface area (Å²) in [6, 6.07) is 2.61. The van der Waals surface area contributed by atoms with E-state index in [1.165, 1.54) is 57.1 Å². The molecule has 3 N–H and O–H groups in total. The summed E-state index contributed by atoms with van der Waals surface area (Å²) in [6.07, 6.45) is 13.3. The molecule has 29 heavy (non-hydrogen) atoms. The zero-order valence-corrected chi connectivity index (χ0v) is 20.8. The molecule has 0 amide bonds. The largest absolute Gasteiger partial charge is 1.00 e. The fourth-order valence-electron chi connectivity index (χ4n) is 3.48. The van der Waals surface area contributed by atoms with Crippen molar-refractivity contribution >= 4 is 17.9 Å². The van der Waals surface area contributed by atoms with Gasteiger partial charge in [-0.1, -0.05) is 77.2 Å². The minimum atomic E-state index is -1.53. The van der Waals surface area contributed by atoms with Gasteiger partial charge in [0.1, 0.15) is 0 Å². The summed E-state index contributed by atoms with van der Waals surface area (Å²) in [5, 5.41) is 27.9. The van der Waals surface area contributed by atoms with Gasteiger partial charge in [-0.05, 0) is 24.5 Å². The second-order valence-electron chi connectivity index (χ2n) is 7.22. The van der Waals surface area contributed by atoms with Crippen LogP contribution in [0.15, 0.2) is 12.1 Å². The van der Waals surface area contributed by atoms with Crippen LogP contribution in [0.2, 0.25) is 0 Å². The van der Waals surface area contributed by atoms with Gasteiger partial charge in [0.2, 0.25) is 0 Å². The topological polar surface area (TPSA) is 112 Å². The average Bonchev–Trinajstić information content (AvgIpc) is 2.64. The molecule has 1 rings (SSSR count). The third kappa shape index (κ3) is 10.2. The normalized spacial score (nSPS) is 10.4. The smallest absolute Gasteiger partial charge is 1.00 e. The number of hydrogen-bond donors (Lipinski definition) is 3. The molecule has 0 saturated heterocycles. The van der Waals surface area contributed by atoms with E-state index in [2.05, 4.69) is 6.92 Å². The molecular formula is C22H33KO6. The van der Waals surface area contributed by atoms with Gasteiger partial charge in [-0.15, -0.1) is 0 Å². The second kappa shape index (κ2) is 16.0. The Kier molecular flexibility index (Phi) is 15.6. The Balaban J connectivity index is 0. The summed E-state index contributed by atoms with van der Waals surface area (Å²) < 4.78 is 0. The Morgan fingerprint density at radius 2 is 1.14 bits per heavy atom. The van der Waals surface area contributed by atoms with Crippen LogP contribution in [0.4, 0.5) is 0 Å². The molecule has 6 nitrogen and oxygen atoms in total. The van der Waals surface area contributed by atoms with Crippen molar-refractivity contribution in [2.24, 2.45) is 0 Å². The van der Waals surface area contributed by atoms with Crippen LogP contribution in [0.25, 0.3) is 0 Å². The number of carboxylic acid groups (broad SMARTS) is 3. The number of aromatic carboxylic acids is 3. The maximum Gasteiger partial charge on any atom is 1.00 e. The number of unbranched alkanes of at least 4 members (excludes halogenated alkanes) is 10. The van der Waals surface area contributed by atoms with Gasteiger partial charge in [0.15, 0.2) is 0 Å². The molecule has 0 aromatic heterocycles. The van der Waals surface area contributed by atoms with Crippen molar-refractivity contribution in [1.82, 2.24) is 0 Å². The molecule has 1 aromatic carbocycles. The first-order chi connectivity index (χ1) is 13.4. The van der Waals surface area contributed by atoms with Gasteiger partial charge in [0.05, 0.1) is 16.7 Å². The zero-order chi connectivity index (χ0) is 20.9. The third-order valence-corrected chi connectivity index (χ3v) is 5.00. The molecule has 1 aromatic rings. The summed E-state index contributed by atoms with van der Waals surface area (Å²) in [4.78, 5) is 34.2. The van der Waals surface area contributed by atoms with Gasteiger partial charge in [-0.25, -0.2) is 14.4 Å². The van der Waals surface area contributed by atoms with Crippen LogP contribution in [0, 0.1) is 0 Å². The molecule has 0 heterocycles. The number of rotatable bonds is 15. The maximum atomic E-state index is 11.6. The standard InChI is InChI=1S/C22H32O6.K.H/c1-2-3-4-5-6-7-8-9-10-11-12-13-16-14-15-17(20(23)24)19(22(27)28)18(16)21(25)26;;/h14-15H,2-13H2,1H3,(H,23,24)(H,25,26)(H,27,28);;/q;+1;-1. The fraction of sp³-hybridized carbons (Fsp3) is 0.591. The van der Waals surface area contributed by atoms with Gasteiger partial charge < -0.3 is 16.7 Å². The van der Waals surface area contributed by atoms with E-state index in [0.717, 1.165) is 25.7 Å². The second-order valence-corrected chi connectivity index (χ2v) is 7.22. The summed E-state index contributed by atoms with van der Waals surface area (Å²) in [7, 11) is 0. The van der Waals surface area contributed by atoms with Crippen molar-refractivity contribution < 1.29 is 82.5 Å². The van der Waals surface area contributed by atoms with E-state index in [-0.39, 0.29) is 52.8 Å². The molecule has 0 aliphatic heterocycles. The third-order valence-electron chi connectivity index (χ3n) is 5.00. The number of benzene rings is 1. The molecule has 0 fully saturated rings. The van der Waals surface area contributed by atoms with Gasteiger partial charge in [0, 0.05) is 0 Å². The van der Waals surface area contributed by atoms with E-state index in [1.54, 1.807) is 0 Å². The number of carboxylic acids is 3. The Morgan fingerprint density at radius 3 is 1.55 bits per heavy atom. The van der Waals surface area contributed by atoms with Gasteiger partial charge in [-0.2, -0.15) is 0 Å². The Morgan fingerprint density at radius 1 is 0.690 bits per heavy atom. The molecule has 0 aliphatic carbocycles. The molecule has 0 saturated carbocycles. The molecule has 158 valence electrons. The fourth-order valence-corrected chi connectivity index (χ4v) is 3.48. The Labute approximate surface area is 217 Å². The van der Waals surface area contributed by atoms with Crippen LogP contribution in [0.1, 0.15) is 116 Å².